The molecule has 17 heavy (non-hydrogen) atoms. The molecule has 1 saturated heterocycles. The van der Waals surface area contributed by atoms with Crippen LogP contribution in [0.5, 0.6) is 0 Å². The van der Waals surface area contributed by atoms with Gasteiger partial charge in [0.25, 0.3) is 0 Å². The third-order valence-corrected chi connectivity index (χ3v) is 3.80. The van der Waals surface area contributed by atoms with E-state index in [1.807, 2.05) is 0 Å². The number of aryl methyl sites for hydroxylation is 1. The topological polar surface area (TPSA) is 15.3 Å². The van der Waals surface area contributed by atoms with Gasteiger partial charge in [-0.15, -0.1) is 0 Å². The number of nitrogens with zero attached hydrogens (tertiary/aromatic N) is 1. The zero-order valence-corrected chi connectivity index (χ0v) is 11.1. The first-order valence-electron chi connectivity index (χ1n) is 6.75. The van der Waals surface area contributed by atoms with E-state index >= 15 is 0 Å². The maximum atomic E-state index is 3.49. The smallest absolute Gasteiger partial charge is 0.0393 e. The summed E-state index contributed by atoms with van der Waals surface area (Å²) < 4.78 is 0. The highest BCUT2D eigenvalue weighted by Crippen LogP contribution is 2.20. The molecule has 0 amide bonds. The van der Waals surface area contributed by atoms with Gasteiger partial charge in [0.05, 0.1) is 0 Å². The minimum atomic E-state index is 0.871. The van der Waals surface area contributed by atoms with Crippen molar-refractivity contribution in [3.63, 3.8) is 0 Å². The molecule has 1 aromatic carbocycles. The van der Waals surface area contributed by atoms with Crippen LogP contribution in [0, 0.1) is 12.8 Å². The van der Waals surface area contributed by atoms with Crippen LogP contribution < -0.4 is 10.2 Å². The number of nitrogens with one attached hydrogen (secondary N) is 1. The SMILES string of the molecule is Cc1ccccc1N(C)CCC1CCCNC1. The molecule has 0 bridgehead atoms. The fraction of sp³-hybridized carbons (Fsp3) is 0.600. The molecule has 1 N–H and O–H groups in total. The third-order valence-electron chi connectivity index (χ3n) is 3.80. The fourth-order valence-electron chi connectivity index (χ4n) is 2.66. The summed E-state index contributed by atoms with van der Waals surface area (Å²) in [4.78, 5) is 2.39. The fourth-order valence-corrected chi connectivity index (χ4v) is 2.66. The first-order valence-corrected chi connectivity index (χ1v) is 6.75. The minimum Gasteiger partial charge on any atom is -0.374 e. The molecule has 0 aliphatic carbocycles. The van der Waals surface area contributed by atoms with Crippen LogP contribution in [-0.4, -0.2) is 26.7 Å². The van der Waals surface area contributed by atoms with Gasteiger partial charge in [-0.3, -0.25) is 0 Å². The van der Waals surface area contributed by atoms with Crippen molar-refractivity contribution in [2.75, 3.05) is 31.6 Å². The normalized spacial score (nSPS) is 20.2. The molecule has 0 spiro atoms. The predicted octanol–water partition coefficient (Wildman–Crippen LogP) is 2.82. The van der Waals surface area contributed by atoms with Crippen LogP contribution in [0.2, 0.25) is 0 Å². The second-order valence-corrected chi connectivity index (χ2v) is 5.21. The van der Waals surface area contributed by atoms with Crippen molar-refractivity contribution in [3.8, 4) is 0 Å². The summed E-state index contributed by atoms with van der Waals surface area (Å²) in [5, 5.41) is 3.49. The number of anilines is 1. The first-order chi connectivity index (χ1) is 8.27. The quantitative estimate of drug-likeness (QED) is 0.858. The molecule has 2 heteroatoms. The van der Waals surface area contributed by atoms with Crippen molar-refractivity contribution in [1.29, 1.82) is 0 Å². The lowest BCUT2D eigenvalue weighted by molar-refractivity contribution is 0.360. The monoisotopic (exact) mass is 232 g/mol. The maximum absolute atomic E-state index is 3.49. The van der Waals surface area contributed by atoms with E-state index in [1.54, 1.807) is 0 Å². The Kier molecular flexibility index (Phi) is 4.43. The molecule has 0 aromatic heterocycles. The highest BCUT2D eigenvalue weighted by Gasteiger charge is 2.13. The van der Waals surface area contributed by atoms with E-state index in [-0.39, 0.29) is 0 Å². The number of benzene rings is 1. The molecule has 0 saturated carbocycles. The largest absolute Gasteiger partial charge is 0.374 e. The predicted molar refractivity (Wildman–Crippen MR) is 74.7 cm³/mol. The second kappa shape index (κ2) is 6.06. The van der Waals surface area contributed by atoms with Crippen LogP contribution in [0.4, 0.5) is 5.69 Å². The van der Waals surface area contributed by atoms with Gasteiger partial charge in [-0.05, 0) is 56.8 Å². The van der Waals surface area contributed by atoms with Crippen molar-refractivity contribution in [2.45, 2.75) is 26.2 Å². The second-order valence-electron chi connectivity index (χ2n) is 5.21. The summed E-state index contributed by atoms with van der Waals surface area (Å²) in [7, 11) is 2.21. The summed E-state index contributed by atoms with van der Waals surface area (Å²) >= 11 is 0. The Morgan fingerprint density at radius 3 is 2.88 bits per heavy atom. The van der Waals surface area contributed by atoms with Gasteiger partial charge in [0.2, 0.25) is 0 Å². The zero-order valence-electron chi connectivity index (χ0n) is 11.1. The molecule has 2 rings (SSSR count). The van der Waals surface area contributed by atoms with E-state index in [9.17, 15) is 0 Å². The minimum absolute atomic E-state index is 0.871. The number of hydrogen-bond donors (Lipinski definition) is 1. The van der Waals surface area contributed by atoms with Crippen molar-refractivity contribution < 1.29 is 0 Å². The number of hydrogen-bond acceptors (Lipinski definition) is 2. The Balaban J connectivity index is 1.84. The molecular formula is C15H24N2. The standard InChI is InChI=1S/C15H24N2/c1-13-6-3-4-8-15(13)17(2)11-9-14-7-5-10-16-12-14/h3-4,6,8,14,16H,5,7,9-12H2,1-2H3. The number of para-hydroxylation sites is 1. The molecule has 1 aromatic rings. The summed E-state index contributed by atoms with van der Waals surface area (Å²) in [5.74, 6) is 0.871. The summed E-state index contributed by atoms with van der Waals surface area (Å²) in [6.07, 6.45) is 4.05. The van der Waals surface area contributed by atoms with E-state index < -0.39 is 0 Å². The average molecular weight is 232 g/mol. The van der Waals surface area contributed by atoms with Gasteiger partial charge < -0.3 is 10.2 Å². The van der Waals surface area contributed by atoms with Crippen LogP contribution in [0.25, 0.3) is 0 Å². The van der Waals surface area contributed by atoms with Crippen molar-refractivity contribution in [1.82, 2.24) is 5.32 Å². The van der Waals surface area contributed by atoms with E-state index in [2.05, 4.69) is 48.5 Å². The molecule has 2 nitrogen and oxygen atoms in total. The Hall–Kier alpha value is -1.02. The van der Waals surface area contributed by atoms with Crippen LogP contribution in [0.3, 0.4) is 0 Å². The van der Waals surface area contributed by atoms with Gasteiger partial charge in [0.1, 0.15) is 0 Å². The van der Waals surface area contributed by atoms with Gasteiger partial charge in [-0.2, -0.15) is 0 Å². The van der Waals surface area contributed by atoms with Crippen LogP contribution in [-0.2, 0) is 0 Å². The first kappa shape index (κ1) is 12.4. The van der Waals surface area contributed by atoms with E-state index in [1.165, 1.54) is 43.6 Å². The summed E-state index contributed by atoms with van der Waals surface area (Å²) in [5.41, 5.74) is 2.74. The Bertz CT molecular complexity index is 343. The highest BCUT2D eigenvalue weighted by atomic mass is 15.1. The lowest BCUT2D eigenvalue weighted by Crippen LogP contribution is -2.32. The van der Waals surface area contributed by atoms with E-state index in [4.69, 9.17) is 0 Å². The van der Waals surface area contributed by atoms with Gasteiger partial charge in [-0.1, -0.05) is 18.2 Å². The summed E-state index contributed by atoms with van der Waals surface area (Å²) in [6, 6.07) is 8.64. The lowest BCUT2D eigenvalue weighted by Gasteiger charge is -2.27. The number of rotatable bonds is 4. The third kappa shape index (κ3) is 3.47. The van der Waals surface area contributed by atoms with Crippen molar-refractivity contribution >= 4 is 5.69 Å². The van der Waals surface area contributed by atoms with E-state index in [0.717, 1.165) is 12.5 Å². The van der Waals surface area contributed by atoms with Gasteiger partial charge >= 0.3 is 0 Å². The van der Waals surface area contributed by atoms with Crippen LogP contribution >= 0.6 is 0 Å². The Labute approximate surface area is 105 Å². The molecule has 1 aliphatic rings. The van der Waals surface area contributed by atoms with Gasteiger partial charge in [0, 0.05) is 19.3 Å². The highest BCUT2D eigenvalue weighted by molar-refractivity contribution is 5.52. The molecule has 1 heterocycles. The number of piperidine rings is 1. The zero-order chi connectivity index (χ0) is 12.1. The van der Waals surface area contributed by atoms with Crippen molar-refractivity contribution in [3.05, 3.63) is 29.8 Å². The van der Waals surface area contributed by atoms with Crippen LogP contribution in [0.1, 0.15) is 24.8 Å². The maximum Gasteiger partial charge on any atom is 0.0393 e. The Morgan fingerprint density at radius 1 is 1.35 bits per heavy atom. The molecule has 94 valence electrons. The van der Waals surface area contributed by atoms with E-state index in [0.29, 0.717) is 0 Å². The molecule has 1 atom stereocenters. The average Bonchev–Trinajstić information content (AvgIpc) is 2.38. The van der Waals surface area contributed by atoms with Crippen LogP contribution in [0.15, 0.2) is 24.3 Å². The summed E-state index contributed by atoms with van der Waals surface area (Å²) in [6.45, 7) is 5.77. The lowest BCUT2D eigenvalue weighted by atomic mass is 9.96. The molecular weight excluding hydrogens is 208 g/mol. The van der Waals surface area contributed by atoms with Gasteiger partial charge in [-0.25, -0.2) is 0 Å². The molecule has 1 unspecified atom stereocenters. The van der Waals surface area contributed by atoms with Gasteiger partial charge in [0.15, 0.2) is 0 Å². The molecule has 1 fully saturated rings. The Morgan fingerprint density at radius 2 is 2.18 bits per heavy atom. The molecule has 0 radical (unpaired) electrons. The molecule has 1 aliphatic heterocycles. The van der Waals surface area contributed by atoms with Crippen molar-refractivity contribution in [2.24, 2.45) is 5.92 Å².